The van der Waals surface area contributed by atoms with E-state index >= 15 is 0 Å². The molecule has 2 heterocycles. The quantitative estimate of drug-likeness (QED) is 0.814. The van der Waals surface area contributed by atoms with E-state index in [1.165, 1.54) is 0 Å². The Hall–Kier alpha value is -1.42. The summed E-state index contributed by atoms with van der Waals surface area (Å²) >= 11 is 0. The molecule has 19 heavy (non-hydrogen) atoms. The summed E-state index contributed by atoms with van der Waals surface area (Å²) in [6, 6.07) is 5.88. The molecule has 1 aliphatic heterocycles. The van der Waals surface area contributed by atoms with Gasteiger partial charge in [0.1, 0.15) is 0 Å². The molecule has 2 rings (SSSR count). The average Bonchev–Trinajstić information content (AvgIpc) is 2.47. The Kier molecular flexibility index (Phi) is 5.33. The molecule has 0 bridgehead atoms. The number of aromatic nitrogens is 1. The molecule has 4 nitrogen and oxygen atoms in total. The number of nitrogens with zero attached hydrogens (tertiary/aromatic N) is 2. The number of hydrogen-bond donors (Lipinski definition) is 0. The third-order valence-electron chi connectivity index (χ3n) is 3.66. The molecule has 4 heteroatoms. The highest BCUT2D eigenvalue weighted by atomic mass is 16.5. The van der Waals surface area contributed by atoms with E-state index in [1.54, 1.807) is 6.20 Å². The standard InChI is InChI=1S/C15H22N2O2/c1-17(9-5-14-4-2-3-8-16-14)15(18)12-13-6-10-19-11-7-13/h2-4,8,13H,5-7,9-12H2,1H3. The van der Waals surface area contributed by atoms with Gasteiger partial charge in [-0.3, -0.25) is 9.78 Å². The van der Waals surface area contributed by atoms with Crippen LogP contribution < -0.4 is 0 Å². The molecule has 0 spiro atoms. The molecule has 0 aromatic carbocycles. The zero-order chi connectivity index (χ0) is 13.5. The van der Waals surface area contributed by atoms with Crippen molar-refractivity contribution in [1.29, 1.82) is 0 Å². The van der Waals surface area contributed by atoms with Gasteiger partial charge in [0.05, 0.1) is 0 Å². The minimum absolute atomic E-state index is 0.239. The van der Waals surface area contributed by atoms with E-state index in [4.69, 9.17) is 4.74 Å². The fourth-order valence-electron chi connectivity index (χ4n) is 2.31. The maximum absolute atomic E-state index is 12.1. The van der Waals surface area contributed by atoms with E-state index < -0.39 is 0 Å². The number of carbonyl (C=O) groups excluding carboxylic acids is 1. The Labute approximate surface area is 114 Å². The molecule has 1 aromatic rings. The number of hydrogen-bond acceptors (Lipinski definition) is 3. The molecule has 0 radical (unpaired) electrons. The molecule has 1 amide bonds. The molecule has 104 valence electrons. The van der Waals surface area contributed by atoms with Gasteiger partial charge in [-0.25, -0.2) is 0 Å². The van der Waals surface area contributed by atoms with Gasteiger partial charge in [0.25, 0.3) is 0 Å². The largest absolute Gasteiger partial charge is 0.381 e. The Bertz CT molecular complexity index is 388. The first-order valence-corrected chi connectivity index (χ1v) is 6.97. The van der Waals surface area contributed by atoms with Crippen LogP contribution in [0.2, 0.25) is 0 Å². The number of ether oxygens (including phenoxy) is 1. The highest BCUT2D eigenvalue weighted by Gasteiger charge is 2.19. The van der Waals surface area contributed by atoms with Crippen LogP contribution in [0.3, 0.4) is 0 Å². The van der Waals surface area contributed by atoms with Gasteiger partial charge in [0.15, 0.2) is 0 Å². The number of rotatable bonds is 5. The van der Waals surface area contributed by atoms with Crippen molar-refractivity contribution in [1.82, 2.24) is 9.88 Å². The molecular weight excluding hydrogens is 240 g/mol. The third-order valence-corrected chi connectivity index (χ3v) is 3.66. The molecular formula is C15H22N2O2. The molecule has 1 fully saturated rings. The molecule has 0 aliphatic carbocycles. The molecule has 0 saturated carbocycles. The van der Waals surface area contributed by atoms with Gasteiger partial charge in [-0.2, -0.15) is 0 Å². The summed E-state index contributed by atoms with van der Waals surface area (Å²) in [5.41, 5.74) is 1.04. The van der Waals surface area contributed by atoms with Crippen LogP contribution in [0.4, 0.5) is 0 Å². The van der Waals surface area contributed by atoms with Crippen molar-refractivity contribution in [3.63, 3.8) is 0 Å². The van der Waals surface area contributed by atoms with Crippen molar-refractivity contribution in [2.24, 2.45) is 5.92 Å². The lowest BCUT2D eigenvalue weighted by Crippen LogP contribution is -2.31. The highest BCUT2D eigenvalue weighted by Crippen LogP contribution is 2.19. The van der Waals surface area contributed by atoms with E-state index in [0.717, 1.165) is 44.7 Å². The minimum Gasteiger partial charge on any atom is -0.381 e. The predicted octanol–water partition coefficient (Wildman–Crippen LogP) is 1.90. The van der Waals surface area contributed by atoms with Gasteiger partial charge in [-0.15, -0.1) is 0 Å². The lowest BCUT2D eigenvalue weighted by atomic mass is 9.96. The topological polar surface area (TPSA) is 42.4 Å². The second-order valence-electron chi connectivity index (χ2n) is 5.15. The molecule has 1 saturated heterocycles. The van der Waals surface area contributed by atoms with Gasteiger partial charge < -0.3 is 9.64 Å². The van der Waals surface area contributed by atoms with Gasteiger partial charge in [-0.1, -0.05) is 6.07 Å². The van der Waals surface area contributed by atoms with Crippen molar-refractivity contribution >= 4 is 5.91 Å². The summed E-state index contributed by atoms with van der Waals surface area (Å²) in [5.74, 6) is 0.737. The van der Waals surface area contributed by atoms with Crippen molar-refractivity contribution in [3.8, 4) is 0 Å². The average molecular weight is 262 g/mol. The van der Waals surface area contributed by atoms with E-state index in [-0.39, 0.29) is 5.91 Å². The Balaban J connectivity index is 1.72. The molecule has 0 N–H and O–H groups in total. The van der Waals surface area contributed by atoms with Crippen LogP contribution in [0, 0.1) is 5.92 Å². The van der Waals surface area contributed by atoms with Gasteiger partial charge in [-0.05, 0) is 30.9 Å². The van der Waals surface area contributed by atoms with Crippen LogP contribution in [0.5, 0.6) is 0 Å². The third kappa shape index (κ3) is 4.63. The van der Waals surface area contributed by atoms with E-state index in [0.29, 0.717) is 12.3 Å². The molecule has 0 atom stereocenters. The monoisotopic (exact) mass is 262 g/mol. The van der Waals surface area contributed by atoms with Gasteiger partial charge in [0, 0.05) is 51.5 Å². The zero-order valence-electron chi connectivity index (χ0n) is 11.5. The normalized spacial score (nSPS) is 16.3. The number of pyridine rings is 1. The van der Waals surface area contributed by atoms with Crippen LogP contribution in [-0.4, -0.2) is 42.6 Å². The maximum Gasteiger partial charge on any atom is 0.222 e. The summed E-state index contributed by atoms with van der Waals surface area (Å²) in [6.07, 6.45) is 5.29. The van der Waals surface area contributed by atoms with Gasteiger partial charge in [0.2, 0.25) is 5.91 Å². The second-order valence-corrected chi connectivity index (χ2v) is 5.15. The molecule has 1 aliphatic rings. The molecule has 0 unspecified atom stereocenters. The fraction of sp³-hybridized carbons (Fsp3) is 0.600. The summed E-state index contributed by atoms with van der Waals surface area (Å²) in [6.45, 7) is 2.34. The lowest BCUT2D eigenvalue weighted by Gasteiger charge is -2.24. The molecule has 1 aromatic heterocycles. The van der Waals surface area contributed by atoms with Gasteiger partial charge >= 0.3 is 0 Å². The van der Waals surface area contributed by atoms with Crippen LogP contribution in [-0.2, 0) is 16.0 Å². The Morgan fingerprint density at radius 3 is 2.89 bits per heavy atom. The number of carbonyl (C=O) groups is 1. The Morgan fingerprint density at radius 2 is 2.21 bits per heavy atom. The fourth-order valence-corrected chi connectivity index (χ4v) is 2.31. The van der Waals surface area contributed by atoms with Crippen molar-refractivity contribution in [3.05, 3.63) is 30.1 Å². The first kappa shape index (κ1) is 14.0. The summed E-state index contributed by atoms with van der Waals surface area (Å²) < 4.78 is 5.31. The van der Waals surface area contributed by atoms with E-state index in [1.807, 2.05) is 30.1 Å². The highest BCUT2D eigenvalue weighted by molar-refractivity contribution is 5.76. The van der Waals surface area contributed by atoms with Crippen molar-refractivity contribution < 1.29 is 9.53 Å². The van der Waals surface area contributed by atoms with E-state index in [2.05, 4.69) is 4.98 Å². The van der Waals surface area contributed by atoms with Crippen LogP contribution in [0.25, 0.3) is 0 Å². The van der Waals surface area contributed by atoms with Crippen LogP contribution in [0.15, 0.2) is 24.4 Å². The van der Waals surface area contributed by atoms with Crippen LogP contribution >= 0.6 is 0 Å². The zero-order valence-corrected chi connectivity index (χ0v) is 11.5. The van der Waals surface area contributed by atoms with Crippen molar-refractivity contribution in [2.75, 3.05) is 26.8 Å². The first-order valence-electron chi connectivity index (χ1n) is 6.97. The first-order chi connectivity index (χ1) is 9.25. The maximum atomic E-state index is 12.1. The lowest BCUT2D eigenvalue weighted by molar-refractivity contribution is -0.131. The predicted molar refractivity (Wildman–Crippen MR) is 73.7 cm³/mol. The number of amides is 1. The minimum atomic E-state index is 0.239. The summed E-state index contributed by atoms with van der Waals surface area (Å²) in [7, 11) is 1.88. The SMILES string of the molecule is CN(CCc1ccccn1)C(=O)CC1CCOCC1. The van der Waals surface area contributed by atoms with Crippen molar-refractivity contribution in [2.45, 2.75) is 25.7 Å². The smallest absolute Gasteiger partial charge is 0.222 e. The number of likely N-dealkylation sites (N-methyl/N-ethyl adjacent to an activating group) is 1. The Morgan fingerprint density at radius 1 is 1.42 bits per heavy atom. The second kappa shape index (κ2) is 7.24. The summed E-state index contributed by atoms with van der Waals surface area (Å²) in [5, 5.41) is 0. The summed E-state index contributed by atoms with van der Waals surface area (Å²) in [4.78, 5) is 18.2. The van der Waals surface area contributed by atoms with Crippen LogP contribution in [0.1, 0.15) is 25.0 Å². The van der Waals surface area contributed by atoms with E-state index in [9.17, 15) is 4.79 Å².